The molecule has 0 saturated heterocycles. The van der Waals surface area contributed by atoms with Crippen molar-refractivity contribution >= 4 is 0 Å². The van der Waals surface area contributed by atoms with Crippen LogP contribution in [0.1, 0.15) is 5.56 Å². The van der Waals surface area contributed by atoms with Crippen LogP contribution < -0.4 is 5.43 Å². The number of benzene rings is 1. The lowest BCUT2D eigenvalue weighted by Gasteiger charge is -2.11. The Kier molecular flexibility index (Phi) is 3.19. The van der Waals surface area contributed by atoms with Gasteiger partial charge in [-0.2, -0.15) is 0 Å². The van der Waals surface area contributed by atoms with E-state index in [1.807, 2.05) is 20.2 Å². The second kappa shape index (κ2) is 4.18. The van der Waals surface area contributed by atoms with Crippen LogP contribution in [0.5, 0.6) is 0 Å². The lowest BCUT2D eigenvalue weighted by atomic mass is 10.2. The molecule has 0 aromatic heterocycles. The minimum absolute atomic E-state index is 0.160. The summed E-state index contributed by atoms with van der Waals surface area (Å²) >= 11 is 0. The standard InChI is InChI=1S/C9H13FN2/c1-12(2)11-7-8-5-3-4-6-9(8)10/h3-6,11H,7H2,1-2H3. The molecule has 0 aliphatic rings. The molecule has 0 bridgehead atoms. The van der Waals surface area contributed by atoms with Crippen LogP contribution >= 0.6 is 0 Å². The Hall–Kier alpha value is -0.930. The van der Waals surface area contributed by atoms with Crippen LogP contribution in [0.3, 0.4) is 0 Å². The van der Waals surface area contributed by atoms with Gasteiger partial charge in [0.1, 0.15) is 5.82 Å². The SMILES string of the molecule is CN(C)NCc1ccccc1F. The number of hydrogen-bond donors (Lipinski definition) is 1. The molecule has 1 rings (SSSR count). The van der Waals surface area contributed by atoms with Crippen molar-refractivity contribution in [3.8, 4) is 0 Å². The van der Waals surface area contributed by atoms with Gasteiger partial charge in [-0.15, -0.1) is 0 Å². The van der Waals surface area contributed by atoms with E-state index in [9.17, 15) is 4.39 Å². The molecule has 0 spiro atoms. The summed E-state index contributed by atoms with van der Waals surface area (Å²) in [4.78, 5) is 0. The third-order valence-corrected chi connectivity index (χ3v) is 1.54. The summed E-state index contributed by atoms with van der Waals surface area (Å²) in [6, 6.07) is 6.75. The average Bonchev–Trinajstić information content (AvgIpc) is 2.03. The van der Waals surface area contributed by atoms with Crippen molar-refractivity contribution in [1.82, 2.24) is 10.4 Å². The van der Waals surface area contributed by atoms with Crippen molar-refractivity contribution in [3.63, 3.8) is 0 Å². The van der Waals surface area contributed by atoms with E-state index in [-0.39, 0.29) is 5.82 Å². The molecule has 0 aliphatic heterocycles. The van der Waals surface area contributed by atoms with E-state index < -0.39 is 0 Å². The maximum absolute atomic E-state index is 13.0. The van der Waals surface area contributed by atoms with Crippen molar-refractivity contribution < 1.29 is 4.39 Å². The molecule has 0 amide bonds. The average molecular weight is 168 g/mol. The van der Waals surface area contributed by atoms with Crippen molar-refractivity contribution in [2.75, 3.05) is 14.1 Å². The van der Waals surface area contributed by atoms with Crippen molar-refractivity contribution in [2.45, 2.75) is 6.54 Å². The molecule has 0 fully saturated rings. The van der Waals surface area contributed by atoms with E-state index in [0.29, 0.717) is 12.1 Å². The van der Waals surface area contributed by atoms with Gasteiger partial charge in [-0.05, 0) is 6.07 Å². The molecule has 3 heteroatoms. The number of nitrogens with one attached hydrogen (secondary N) is 1. The largest absolute Gasteiger partial charge is 0.251 e. The summed E-state index contributed by atoms with van der Waals surface area (Å²) in [6.07, 6.45) is 0. The zero-order valence-corrected chi connectivity index (χ0v) is 7.34. The highest BCUT2D eigenvalue weighted by molar-refractivity contribution is 5.16. The molecule has 66 valence electrons. The molecular weight excluding hydrogens is 155 g/mol. The molecule has 0 atom stereocenters. The summed E-state index contributed by atoms with van der Waals surface area (Å²) in [6.45, 7) is 0.527. The predicted octanol–water partition coefficient (Wildman–Crippen LogP) is 1.39. The fraction of sp³-hybridized carbons (Fsp3) is 0.333. The van der Waals surface area contributed by atoms with Gasteiger partial charge in [0.15, 0.2) is 0 Å². The second-order valence-corrected chi connectivity index (χ2v) is 2.82. The lowest BCUT2D eigenvalue weighted by Crippen LogP contribution is -2.29. The molecular formula is C9H13FN2. The first-order chi connectivity index (χ1) is 5.70. The molecule has 1 aromatic carbocycles. The molecule has 0 heterocycles. The smallest absolute Gasteiger partial charge is 0.127 e. The van der Waals surface area contributed by atoms with E-state index in [0.717, 1.165) is 0 Å². The van der Waals surface area contributed by atoms with Crippen LogP contribution in [-0.4, -0.2) is 19.1 Å². The fourth-order valence-electron chi connectivity index (χ4n) is 0.885. The highest BCUT2D eigenvalue weighted by Crippen LogP contribution is 2.04. The van der Waals surface area contributed by atoms with E-state index >= 15 is 0 Å². The van der Waals surface area contributed by atoms with Gasteiger partial charge in [0.25, 0.3) is 0 Å². The maximum Gasteiger partial charge on any atom is 0.127 e. The van der Waals surface area contributed by atoms with E-state index in [2.05, 4.69) is 5.43 Å². The van der Waals surface area contributed by atoms with Gasteiger partial charge < -0.3 is 0 Å². The Morgan fingerprint density at radius 1 is 1.33 bits per heavy atom. The Balaban J connectivity index is 2.57. The third-order valence-electron chi connectivity index (χ3n) is 1.54. The Morgan fingerprint density at radius 2 is 2.00 bits per heavy atom. The zero-order chi connectivity index (χ0) is 8.97. The van der Waals surface area contributed by atoms with E-state index in [1.54, 1.807) is 17.1 Å². The molecule has 1 aromatic rings. The molecule has 0 radical (unpaired) electrons. The van der Waals surface area contributed by atoms with Gasteiger partial charge in [-0.1, -0.05) is 18.2 Å². The number of hydrazine groups is 1. The topological polar surface area (TPSA) is 15.3 Å². The maximum atomic E-state index is 13.0. The zero-order valence-electron chi connectivity index (χ0n) is 7.34. The summed E-state index contributed by atoms with van der Waals surface area (Å²) in [5.74, 6) is -0.160. The van der Waals surface area contributed by atoms with Gasteiger partial charge in [0, 0.05) is 26.2 Å². The van der Waals surface area contributed by atoms with Gasteiger partial charge >= 0.3 is 0 Å². The molecule has 1 N–H and O–H groups in total. The summed E-state index contributed by atoms with van der Waals surface area (Å²) in [5, 5.41) is 1.80. The lowest BCUT2D eigenvalue weighted by molar-refractivity contribution is 0.283. The number of rotatable bonds is 3. The van der Waals surface area contributed by atoms with Crippen LogP contribution in [0.4, 0.5) is 4.39 Å². The monoisotopic (exact) mass is 168 g/mol. The first-order valence-corrected chi connectivity index (χ1v) is 3.84. The number of halogens is 1. The highest BCUT2D eigenvalue weighted by Gasteiger charge is 1.98. The summed E-state index contributed by atoms with van der Waals surface area (Å²) < 4.78 is 13.0. The van der Waals surface area contributed by atoms with Crippen LogP contribution in [0.25, 0.3) is 0 Å². The van der Waals surface area contributed by atoms with Crippen molar-refractivity contribution in [3.05, 3.63) is 35.6 Å². The number of hydrogen-bond acceptors (Lipinski definition) is 2. The molecule has 0 saturated carbocycles. The van der Waals surface area contributed by atoms with Crippen LogP contribution in [0.15, 0.2) is 24.3 Å². The third kappa shape index (κ3) is 2.60. The first kappa shape index (κ1) is 9.16. The Labute approximate surface area is 72.0 Å². The van der Waals surface area contributed by atoms with E-state index in [1.165, 1.54) is 6.07 Å². The van der Waals surface area contributed by atoms with Crippen LogP contribution in [0.2, 0.25) is 0 Å². The molecule has 12 heavy (non-hydrogen) atoms. The molecule has 0 unspecified atom stereocenters. The van der Waals surface area contributed by atoms with Crippen molar-refractivity contribution in [1.29, 1.82) is 0 Å². The quantitative estimate of drug-likeness (QED) is 0.686. The molecule has 0 aliphatic carbocycles. The van der Waals surface area contributed by atoms with Crippen LogP contribution in [0, 0.1) is 5.82 Å². The summed E-state index contributed by atoms with van der Waals surface area (Å²) in [5.41, 5.74) is 3.68. The minimum atomic E-state index is -0.160. The van der Waals surface area contributed by atoms with Gasteiger partial charge in [0.05, 0.1) is 0 Å². The normalized spacial score (nSPS) is 10.7. The van der Waals surface area contributed by atoms with Crippen molar-refractivity contribution in [2.24, 2.45) is 0 Å². The molecule has 2 nitrogen and oxygen atoms in total. The Morgan fingerprint density at radius 3 is 2.58 bits per heavy atom. The van der Waals surface area contributed by atoms with Gasteiger partial charge in [-0.25, -0.2) is 4.39 Å². The van der Waals surface area contributed by atoms with Crippen LogP contribution in [-0.2, 0) is 6.54 Å². The van der Waals surface area contributed by atoms with Gasteiger partial charge in [0.2, 0.25) is 0 Å². The fourth-order valence-corrected chi connectivity index (χ4v) is 0.885. The predicted molar refractivity (Wildman–Crippen MR) is 46.9 cm³/mol. The van der Waals surface area contributed by atoms with Gasteiger partial charge in [-0.3, -0.25) is 10.4 Å². The highest BCUT2D eigenvalue weighted by atomic mass is 19.1. The number of nitrogens with zero attached hydrogens (tertiary/aromatic N) is 1. The first-order valence-electron chi connectivity index (χ1n) is 3.84. The Bertz CT molecular complexity index is 248. The summed E-state index contributed by atoms with van der Waals surface area (Å²) in [7, 11) is 3.75. The minimum Gasteiger partial charge on any atom is -0.251 e. The van der Waals surface area contributed by atoms with E-state index in [4.69, 9.17) is 0 Å². The second-order valence-electron chi connectivity index (χ2n) is 2.82.